The van der Waals surface area contributed by atoms with Crippen molar-refractivity contribution < 1.29 is 4.79 Å². The number of hydrogen-bond donors (Lipinski definition) is 1. The van der Waals surface area contributed by atoms with E-state index in [-0.39, 0.29) is 5.91 Å². The van der Waals surface area contributed by atoms with Gasteiger partial charge in [-0.05, 0) is 32.4 Å². The molecule has 7 heteroatoms. The molecule has 118 valence electrons. The van der Waals surface area contributed by atoms with Gasteiger partial charge in [-0.3, -0.25) is 19.7 Å². The van der Waals surface area contributed by atoms with Crippen molar-refractivity contribution >= 4 is 22.4 Å². The Morgan fingerprint density at radius 1 is 1.59 bits per heavy atom. The van der Waals surface area contributed by atoms with Crippen LogP contribution in [-0.4, -0.2) is 52.7 Å². The number of carbonyl (C=O) groups is 1. The number of aromatic amines is 1. The molecular weight excluding hydrogens is 298 g/mol. The Labute approximate surface area is 134 Å². The van der Waals surface area contributed by atoms with E-state index in [4.69, 9.17) is 0 Å². The number of amides is 1. The van der Waals surface area contributed by atoms with Crippen LogP contribution in [0.5, 0.6) is 0 Å². The first kappa shape index (κ1) is 15.2. The van der Waals surface area contributed by atoms with Crippen LogP contribution in [0.2, 0.25) is 0 Å². The maximum atomic E-state index is 12.4. The van der Waals surface area contributed by atoms with Crippen molar-refractivity contribution in [1.29, 1.82) is 0 Å². The Balaban J connectivity index is 1.59. The molecule has 6 nitrogen and oxygen atoms in total. The van der Waals surface area contributed by atoms with Gasteiger partial charge in [0.2, 0.25) is 5.91 Å². The minimum absolute atomic E-state index is 0.0915. The number of piperidine rings is 1. The van der Waals surface area contributed by atoms with Crippen LogP contribution in [0.1, 0.15) is 30.1 Å². The third-order valence-electron chi connectivity index (χ3n) is 4.09. The first-order valence-electron chi connectivity index (χ1n) is 7.54. The molecule has 0 radical (unpaired) electrons. The fourth-order valence-corrected chi connectivity index (χ4v) is 3.50. The van der Waals surface area contributed by atoms with Crippen LogP contribution in [-0.2, 0) is 4.79 Å². The lowest BCUT2D eigenvalue weighted by molar-refractivity contribution is -0.119. The summed E-state index contributed by atoms with van der Waals surface area (Å²) in [6.45, 7) is 4.32. The normalized spacial score (nSPS) is 19.3. The average Bonchev–Trinajstić information content (AvgIpc) is 3.18. The second kappa shape index (κ2) is 6.58. The molecule has 1 amide bonds. The topological polar surface area (TPSA) is 65.1 Å². The van der Waals surface area contributed by atoms with Crippen LogP contribution in [0, 0.1) is 6.92 Å². The van der Waals surface area contributed by atoms with Crippen molar-refractivity contribution in [1.82, 2.24) is 20.1 Å². The van der Waals surface area contributed by atoms with Gasteiger partial charge in [0.25, 0.3) is 0 Å². The number of nitrogens with one attached hydrogen (secondary N) is 1. The summed E-state index contributed by atoms with van der Waals surface area (Å²) in [5, 5.41) is 10.0. The molecule has 22 heavy (non-hydrogen) atoms. The maximum absolute atomic E-state index is 12.4. The highest BCUT2D eigenvalue weighted by molar-refractivity contribution is 7.13. The van der Waals surface area contributed by atoms with Gasteiger partial charge in [0.05, 0.1) is 12.2 Å². The average molecular weight is 319 g/mol. The van der Waals surface area contributed by atoms with Gasteiger partial charge < -0.3 is 0 Å². The van der Waals surface area contributed by atoms with E-state index in [9.17, 15) is 4.79 Å². The van der Waals surface area contributed by atoms with Crippen LogP contribution in [0.15, 0.2) is 17.6 Å². The van der Waals surface area contributed by atoms with E-state index in [1.807, 2.05) is 12.3 Å². The van der Waals surface area contributed by atoms with Crippen LogP contribution in [0.3, 0.4) is 0 Å². The van der Waals surface area contributed by atoms with E-state index in [0.29, 0.717) is 12.5 Å². The first-order valence-corrected chi connectivity index (χ1v) is 8.42. The summed E-state index contributed by atoms with van der Waals surface area (Å²) in [5.74, 6) is 0.505. The highest BCUT2D eigenvalue weighted by Gasteiger charge is 2.25. The number of nitrogens with zero attached hydrogens (tertiary/aromatic N) is 4. The zero-order valence-corrected chi connectivity index (χ0v) is 13.8. The highest BCUT2D eigenvalue weighted by atomic mass is 32.1. The molecule has 1 N–H and O–H groups in total. The Bertz CT molecular complexity index is 624. The summed E-state index contributed by atoms with van der Waals surface area (Å²) in [6, 6.07) is 2.11. The molecule has 1 aliphatic heterocycles. The van der Waals surface area contributed by atoms with Gasteiger partial charge in [-0.15, -0.1) is 11.3 Å². The van der Waals surface area contributed by atoms with Gasteiger partial charge in [-0.25, -0.2) is 4.98 Å². The van der Waals surface area contributed by atoms with Gasteiger partial charge in [0.1, 0.15) is 0 Å². The zero-order valence-electron chi connectivity index (χ0n) is 13.0. The molecule has 2 aromatic heterocycles. The maximum Gasteiger partial charge on any atom is 0.242 e. The second-order valence-corrected chi connectivity index (χ2v) is 6.69. The van der Waals surface area contributed by atoms with E-state index in [1.54, 1.807) is 18.1 Å². The Morgan fingerprint density at radius 3 is 3.14 bits per heavy atom. The minimum atomic E-state index is 0.0915. The van der Waals surface area contributed by atoms with E-state index in [2.05, 4.69) is 26.1 Å². The summed E-state index contributed by atoms with van der Waals surface area (Å²) < 4.78 is 0. The number of aromatic nitrogens is 3. The molecule has 2 aromatic rings. The monoisotopic (exact) mass is 319 g/mol. The largest absolute Gasteiger partial charge is 0.294 e. The fourth-order valence-electron chi connectivity index (χ4n) is 2.87. The summed E-state index contributed by atoms with van der Waals surface area (Å²) in [7, 11) is 1.79. The Morgan fingerprint density at radius 2 is 2.45 bits per heavy atom. The standard InChI is InChI=1S/C15H21N5OS/c1-11-8-13(18-17-11)12-4-3-6-20(9-12)10-14(21)19(2)15-16-5-7-22-15/h5,7-8,12H,3-4,6,9-10H2,1-2H3,(H,17,18)/t12-/m0/s1. The number of hydrogen-bond acceptors (Lipinski definition) is 5. The quantitative estimate of drug-likeness (QED) is 0.936. The molecular formula is C15H21N5OS. The molecule has 0 aromatic carbocycles. The third-order valence-corrected chi connectivity index (χ3v) is 4.94. The highest BCUT2D eigenvalue weighted by Crippen LogP contribution is 2.26. The van der Waals surface area contributed by atoms with Gasteiger partial charge >= 0.3 is 0 Å². The van der Waals surface area contributed by atoms with Crippen LogP contribution in [0.4, 0.5) is 5.13 Å². The molecule has 1 atom stereocenters. The predicted molar refractivity (Wildman–Crippen MR) is 87.3 cm³/mol. The molecule has 3 rings (SSSR count). The number of rotatable bonds is 4. The number of thiazole rings is 1. The summed E-state index contributed by atoms with van der Waals surface area (Å²) >= 11 is 1.48. The number of H-pyrrole nitrogens is 1. The van der Waals surface area contributed by atoms with E-state index in [1.165, 1.54) is 11.3 Å². The lowest BCUT2D eigenvalue weighted by atomic mass is 9.94. The van der Waals surface area contributed by atoms with E-state index >= 15 is 0 Å². The Hall–Kier alpha value is -1.73. The van der Waals surface area contributed by atoms with Gasteiger partial charge in [0.15, 0.2) is 5.13 Å². The van der Waals surface area contributed by atoms with Gasteiger partial charge in [-0.2, -0.15) is 5.10 Å². The molecule has 0 aliphatic carbocycles. The minimum Gasteiger partial charge on any atom is -0.294 e. The smallest absolute Gasteiger partial charge is 0.242 e. The number of likely N-dealkylation sites (tertiary alicyclic amines) is 1. The lowest BCUT2D eigenvalue weighted by Crippen LogP contribution is -2.42. The number of likely N-dealkylation sites (N-methyl/N-ethyl adjacent to an activating group) is 1. The summed E-state index contributed by atoms with van der Waals surface area (Å²) in [4.78, 5) is 20.4. The molecule has 0 saturated carbocycles. The Kier molecular flexibility index (Phi) is 4.54. The molecule has 1 fully saturated rings. The summed E-state index contributed by atoms with van der Waals surface area (Å²) in [5.41, 5.74) is 2.20. The van der Waals surface area contributed by atoms with Crippen molar-refractivity contribution in [3.05, 3.63) is 29.0 Å². The third kappa shape index (κ3) is 3.36. The number of aryl methyl sites for hydroxylation is 1. The lowest BCUT2D eigenvalue weighted by Gasteiger charge is -2.32. The fraction of sp³-hybridized carbons (Fsp3) is 0.533. The number of anilines is 1. The predicted octanol–water partition coefficient (Wildman–Crippen LogP) is 2.02. The van der Waals surface area contributed by atoms with Crippen LogP contribution >= 0.6 is 11.3 Å². The van der Waals surface area contributed by atoms with Crippen molar-refractivity contribution in [2.45, 2.75) is 25.7 Å². The SMILES string of the molecule is Cc1cc([C@H]2CCCN(CC(=O)N(C)c3nccs3)C2)n[nH]1. The van der Waals surface area contributed by atoms with Crippen LogP contribution in [0.25, 0.3) is 0 Å². The van der Waals surface area contributed by atoms with Crippen molar-refractivity contribution in [3.63, 3.8) is 0 Å². The van der Waals surface area contributed by atoms with E-state index < -0.39 is 0 Å². The van der Waals surface area contributed by atoms with Crippen LogP contribution < -0.4 is 4.90 Å². The number of carbonyl (C=O) groups excluding carboxylic acids is 1. The zero-order chi connectivity index (χ0) is 15.5. The van der Waals surface area contributed by atoms with Gasteiger partial charge in [0, 0.05) is 36.8 Å². The molecule has 3 heterocycles. The molecule has 0 unspecified atom stereocenters. The molecule has 0 spiro atoms. The van der Waals surface area contributed by atoms with Crippen molar-refractivity contribution in [2.75, 3.05) is 31.6 Å². The second-order valence-electron chi connectivity index (χ2n) is 5.82. The van der Waals surface area contributed by atoms with Crippen molar-refractivity contribution in [3.8, 4) is 0 Å². The molecule has 1 aliphatic rings. The summed E-state index contributed by atoms with van der Waals surface area (Å²) in [6.07, 6.45) is 3.96. The van der Waals surface area contributed by atoms with Crippen molar-refractivity contribution in [2.24, 2.45) is 0 Å². The van der Waals surface area contributed by atoms with Gasteiger partial charge in [-0.1, -0.05) is 0 Å². The molecule has 0 bridgehead atoms. The first-order chi connectivity index (χ1) is 10.6. The van der Waals surface area contributed by atoms with E-state index in [0.717, 1.165) is 42.5 Å². The molecule has 1 saturated heterocycles.